The summed E-state index contributed by atoms with van der Waals surface area (Å²) in [6.45, 7) is 2.88. The van der Waals surface area contributed by atoms with Crippen molar-refractivity contribution in [1.82, 2.24) is 23.7 Å². The lowest BCUT2D eigenvalue weighted by molar-refractivity contribution is -0.143. The normalized spacial score (nSPS) is 24.2. The van der Waals surface area contributed by atoms with E-state index in [1.54, 1.807) is 36.7 Å². The second-order valence-electron chi connectivity index (χ2n) is 11.1. The topological polar surface area (TPSA) is 127 Å². The monoisotopic (exact) mass is 689 g/mol. The van der Waals surface area contributed by atoms with Crippen molar-refractivity contribution >= 4 is 72.2 Å². The summed E-state index contributed by atoms with van der Waals surface area (Å²) in [6.07, 6.45) is 4.80. The van der Waals surface area contributed by atoms with Crippen LogP contribution >= 0.6 is 34.3 Å². The molecular weight excluding hydrogens is 654 g/mol. The third-order valence-electron chi connectivity index (χ3n) is 8.23. The number of carbonyl (C=O) groups is 2. The van der Waals surface area contributed by atoms with E-state index in [1.807, 2.05) is 4.90 Å². The predicted molar refractivity (Wildman–Crippen MR) is 169 cm³/mol. The summed E-state index contributed by atoms with van der Waals surface area (Å²) in [5.74, 6) is -0.550. The molecule has 2 aromatic rings. The number of carbonyl (C=O) groups excluding carboxylic acids is 2. The van der Waals surface area contributed by atoms with E-state index in [0.717, 1.165) is 31.2 Å². The van der Waals surface area contributed by atoms with E-state index >= 15 is 0 Å². The number of rotatable bonds is 11. The number of thiophene rings is 2. The Morgan fingerprint density at radius 2 is 1.91 bits per heavy atom. The molecule has 2 amide bonds. The molecule has 1 unspecified atom stereocenters. The first-order chi connectivity index (χ1) is 20.4. The maximum Gasteiger partial charge on any atom is 0.252 e. The van der Waals surface area contributed by atoms with E-state index in [0.29, 0.717) is 52.4 Å². The van der Waals surface area contributed by atoms with Crippen molar-refractivity contribution in [2.45, 2.75) is 54.4 Å². The highest BCUT2D eigenvalue weighted by molar-refractivity contribution is 7.92. The van der Waals surface area contributed by atoms with Crippen LogP contribution < -0.4 is 4.72 Å². The minimum atomic E-state index is -3.88. The number of likely N-dealkylation sites (tertiary alicyclic amines) is 3. The minimum Gasteiger partial charge on any atom is -0.337 e. The summed E-state index contributed by atoms with van der Waals surface area (Å²) in [7, 11) is -5.78. The van der Waals surface area contributed by atoms with Crippen LogP contribution in [-0.4, -0.2) is 112 Å². The Morgan fingerprint density at radius 3 is 2.63 bits per heavy atom. The first-order valence-corrected chi connectivity index (χ1v) is 19.3. The molecule has 11 nitrogen and oxygen atoms in total. The molecule has 16 heteroatoms. The van der Waals surface area contributed by atoms with Crippen LogP contribution in [0.1, 0.15) is 37.0 Å². The SMILES string of the molecule is CN(C1CCN(C[C@@H]2CCCN2C(=O)CN2CCC[C@H](NS(=O)(=O)/C=C/c3ccc(Cl)s3)C2=O)C1)S(=O)(=O)c1cccs1. The van der Waals surface area contributed by atoms with Gasteiger partial charge in [0.05, 0.1) is 10.9 Å². The van der Waals surface area contributed by atoms with Gasteiger partial charge in [0.1, 0.15) is 10.3 Å². The molecule has 43 heavy (non-hydrogen) atoms. The molecule has 0 saturated carbocycles. The molecule has 0 radical (unpaired) electrons. The molecule has 0 aliphatic carbocycles. The van der Waals surface area contributed by atoms with Crippen LogP contribution in [0.3, 0.4) is 0 Å². The number of nitrogens with one attached hydrogen (secondary N) is 1. The Bertz CT molecular complexity index is 1540. The van der Waals surface area contributed by atoms with Crippen molar-refractivity contribution < 1.29 is 26.4 Å². The van der Waals surface area contributed by atoms with Crippen LogP contribution in [0.4, 0.5) is 0 Å². The summed E-state index contributed by atoms with van der Waals surface area (Å²) in [4.78, 5) is 32.8. The molecule has 3 atom stereocenters. The fourth-order valence-electron chi connectivity index (χ4n) is 5.95. The van der Waals surface area contributed by atoms with Crippen molar-refractivity contribution in [1.29, 1.82) is 0 Å². The van der Waals surface area contributed by atoms with Crippen LogP contribution in [-0.2, 0) is 29.6 Å². The second kappa shape index (κ2) is 13.6. The number of halogens is 1. The van der Waals surface area contributed by atoms with E-state index in [9.17, 15) is 26.4 Å². The van der Waals surface area contributed by atoms with Crippen LogP contribution in [0.15, 0.2) is 39.3 Å². The molecule has 3 saturated heterocycles. The molecule has 3 fully saturated rings. The fourth-order valence-corrected chi connectivity index (χ4v) is 10.6. The Kier molecular flexibility index (Phi) is 10.3. The van der Waals surface area contributed by atoms with Gasteiger partial charge in [-0.05, 0) is 68.3 Å². The summed E-state index contributed by atoms with van der Waals surface area (Å²) >= 11 is 8.36. The van der Waals surface area contributed by atoms with Crippen LogP contribution in [0, 0.1) is 0 Å². The summed E-state index contributed by atoms with van der Waals surface area (Å²) in [5, 5.41) is 2.78. The summed E-state index contributed by atoms with van der Waals surface area (Å²) in [6, 6.07) is 5.66. The molecule has 3 aliphatic rings. The van der Waals surface area contributed by atoms with Crippen molar-refractivity contribution in [3.8, 4) is 0 Å². The zero-order chi connectivity index (χ0) is 30.8. The molecular formula is C27H36ClN5O6S4. The van der Waals surface area contributed by atoms with Crippen molar-refractivity contribution in [2.24, 2.45) is 0 Å². The van der Waals surface area contributed by atoms with Gasteiger partial charge in [-0.2, -0.15) is 9.03 Å². The number of hydrogen-bond donors (Lipinski definition) is 1. The van der Waals surface area contributed by atoms with Crippen LogP contribution in [0.25, 0.3) is 6.08 Å². The lowest BCUT2D eigenvalue weighted by atomic mass is 10.1. The van der Waals surface area contributed by atoms with Gasteiger partial charge < -0.3 is 9.80 Å². The highest BCUT2D eigenvalue weighted by atomic mass is 35.5. The van der Waals surface area contributed by atoms with E-state index in [1.165, 1.54) is 38.0 Å². The van der Waals surface area contributed by atoms with Crippen molar-refractivity contribution in [3.63, 3.8) is 0 Å². The van der Waals surface area contributed by atoms with Crippen molar-refractivity contribution in [3.05, 3.63) is 44.3 Å². The minimum absolute atomic E-state index is 0.0180. The number of hydrogen-bond acceptors (Lipinski definition) is 9. The van der Waals surface area contributed by atoms with Gasteiger partial charge >= 0.3 is 0 Å². The Labute approximate surface area is 266 Å². The lowest BCUT2D eigenvalue weighted by Gasteiger charge is -2.34. The molecule has 0 spiro atoms. The van der Waals surface area contributed by atoms with Gasteiger partial charge in [-0.3, -0.25) is 14.5 Å². The standard InChI is InChI=1S/C27H36ClN5O6S4/c1-30(43(38,39)26-7-4-15-40-26)20-10-14-31(17-20)18-21-5-2-13-33(21)25(34)19-32-12-3-6-23(27(32)35)29-42(36,37)16-11-22-8-9-24(28)41-22/h4,7-9,11,15-16,20-21,23,29H,2-3,5-6,10,12-14,17-19H2,1H3/b16-11+/t20?,21-,23-/m0/s1. The summed E-state index contributed by atoms with van der Waals surface area (Å²) in [5.41, 5.74) is 0. The molecule has 3 aliphatic heterocycles. The summed E-state index contributed by atoms with van der Waals surface area (Å²) < 4.78 is 56.0. The highest BCUT2D eigenvalue weighted by Gasteiger charge is 2.38. The number of sulfonamides is 2. The number of piperidine rings is 1. The van der Waals surface area contributed by atoms with E-state index in [4.69, 9.17) is 11.6 Å². The molecule has 5 rings (SSSR count). The molecule has 0 aromatic carbocycles. The Balaban J connectivity index is 1.13. The van der Waals surface area contributed by atoms with Crippen LogP contribution in [0.5, 0.6) is 0 Å². The van der Waals surface area contributed by atoms with Gasteiger partial charge in [-0.25, -0.2) is 16.8 Å². The van der Waals surface area contributed by atoms with E-state index in [-0.39, 0.29) is 24.5 Å². The Morgan fingerprint density at radius 1 is 1.12 bits per heavy atom. The number of likely N-dealkylation sites (N-methyl/N-ethyl adjacent to an activating group) is 1. The number of amides is 2. The van der Waals surface area contributed by atoms with Gasteiger partial charge in [0.15, 0.2) is 0 Å². The molecule has 0 bridgehead atoms. The Hall–Kier alpha value is -1.85. The average Bonchev–Trinajstić information content (AvgIpc) is 3.78. The lowest BCUT2D eigenvalue weighted by Crippen LogP contribution is -2.55. The first kappa shape index (κ1) is 32.5. The van der Waals surface area contributed by atoms with Crippen molar-refractivity contribution in [2.75, 3.05) is 46.3 Å². The van der Waals surface area contributed by atoms with E-state index in [2.05, 4.69) is 9.62 Å². The quantitative estimate of drug-likeness (QED) is 0.385. The fraction of sp³-hybridized carbons (Fsp3) is 0.556. The zero-order valence-corrected chi connectivity index (χ0v) is 27.8. The molecule has 5 heterocycles. The molecule has 236 valence electrons. The highest BCUT2D eigenvalue weighted by Crippen LogP contribution is 2.27. The smallest absolute Gasteiger partial charge is 0.252 e. The van der Waals surface area contributed by atoms with Gasteiger partial charge in [-0.15, -0.1) is 22.7 Å². The first-order valence-electron chi connectivity index (χ1n) is 14.2. The van der Waals surface area contributed by atoms with Gasteiger partial charge in [0.2, 0.25) is 21.8 Å². The third kappa shape index (κ3) is 7.87. The molecule has 1 N–H and O–H groups in total. The van der Waals surface area contributed by atoms with Crippen LogP contribution in [0.2, 0.25) is 4.34 Å². The van der Waals surface area contributed by atoms with Gasteiger partial charge in [-0.1, -0.05) is 17.7 Å². The van der Waals surface area contributed by atoms with E-state index < -0.39 is 32.0 Å². The van der Waals surface area contributed by atoms with Gasteiger partial charge in [0, 0.05) is 55.6 Å². The van der Waals surface area contributed by atoms with Gasteiger partial charge in [0.25, 0.3) is 10.0 Å². The maximum atomic E-state index is 13.4. The largest absolute Gasteiger partial charge is 0.337 e. The molecule has 2 aromatic heterocycles. The maximum absolute atomic E-state index is 13.4. The average molecular weight is 690 g/mol. The predicted octanol–water partition coefficient (Wildman–Crippen LogP) is 2.73. The zero-order valence-electron chi connectivity index (χ0n) is 23.8. The third-order valence-corrected chi connectivity index (χ3v) is 13.8. The number of nitrogens with zero attached hydrogens (tertiary/aromatic N) is 4. The second-order valence-corrected chi connectivity index (χ2v) is 17.6.